The number of hydrogen-bond donors (Lipinski definition) is 2. The maximum absolute atomic E-state index is 4.67. The molecule has 21 heavy (non-hydrogen) atoms. The Labute approximate surface area is 125 Å². The van der Waals surface area contributed by atoms with E-state index in [4.69, 9.17) is 0 Å². The van der Waals surface area contributed by atoms with Gasteiger partial charge in [0, 0.05) is 24.6 Å². The molecule has 4 heteroatoms. The first-order valence-electron chi connectivity index (χ1n) is 7.80. The molecule has 0 atom stereocenters. The highest BCUT2D eigenvalue weighted by molar-refractivity contribution is 5.45. The van der Waals surface area contributed by atoms with Crippen LogP contribution in [0.3, 0.4) is 0 Å². The molecule has 2 saturated carbocycles. The molecule has 1 aromatic heterocycles. The zero-order valence-electron chi connectivity index (χ0n) is 12.0. The van der Waals surface area contributed by atoms with Crippen LogP contribution in [0.1, 0.15) is 42.9 Å². The summed E-state index contributed by atoms with van der Waals surface area (Å²) in [4.78, 5) is 9.27. The molecule has 4 rings (SSSR count). The molecule has 0 unspecified atom stereocenters. The van der Waals surface area contributed by atoms with E-state index in [1.54, 1.807) is 0 Å². The molecule has 1 heterocycles. The third kappa shape index (κ3) is 3.32. The number of anilines is 2. The molecule has 0 amide bonds. The van der Waals surface area contributed by atoms with E-state index in [-0.39, 0.29) is 0 Å². The molecule has 2 fully saturated rings. The standard InChI is InChI=1S/C17H20N4/c1-2-4-12(5-3-1)11-18-16-10-15(13-6-7-13)20-17(21-16)19-14-8-9-14/h1-5,10,13-14H,6-9,11H2,(H2,18,19,20,21). The van der Waals surface area contributed by atoms with Crippen molar-refractivity contribution in [1.29, 1.82) is 0 Å². The lowest BCUT2D eigenvalue weighted by molar-refractivity contribution is 0.958. The molecule has 0 radical (unpaired) electrons. The molecule has 2 aromatic rings. The highest BCUT2D eigenvalue weighted by Crippen LogP contribution is 2.40. The predicted molar refractivity (Wildman–Crippen MR) is 84.4 cm³/mol. The minimum atomic E-state index is 0.585. The van der Waals surface area contributed by atoms with Crippen LogP contribution >= 0.6 is 0 Å². The lowest BCUT2D eigenvalue weighted by Gasteiger charge is -2.10. The van der Waals surface area contributed by atoms with Crippen molar-refractivity contribution in [2.24, 2.45) is 0 Å². The Morgan fingerprint density at radius 1 is 1.00 bits per heavy atom. The van der Waals surface area contributed by atoms with Crippen molar-refractivity contribution in [2.45, 2.75) is 44.2 Å². The van der Waals surface area contributed by atoms with Gasteiger partial charge >= 0.3 is 0 Å². The van der Waals surface area contributed by atoms with Crippen molar-refractivity contribution in [1.82, 2.24) is 9.97 Å². The summed E-state index contributed by atoms with van der Waals surface area (Å²) >= 11 is 0. The van der Waals surface area contributed by atoms with Crippen LogP contribution in [0, 0.1) is 0 Å². The van der Waals surface area contributed by atoms with Gasteiger partial charge in [-0.2, -0.15) is 4.98 Å². The van der Waals surface area contributed by atoms with Gasteiger partial charge in [-0.3, -0.25) is 0 Å². The van der Waals surface area contributed by atoms with Crippen LogP contribution in [0.15, 0.2) is 36.4 Å². The van der Waals surface area contributed by atoms with E-state index in [1.165, 1.54) is 36.9 Å². The summed E-state index contributed by atoms with van der Waals surface area (Å²) in [6.07, 6.45) is 5.00. The van der Waals surface area contributed by atoms with Gasteiger partial charge in [-0.05, 0) is 31.2 Å². The van der Waals surface area contributed by atoms with Gasteiger partial charge in [-0.15, -0.1) is 0 Å². The lowest BCUT2D eigenvalue weighted by atomic mass is 10.2. The van der Waals surface area contributed by atoms with Crippen LogP contribution in [0.4, 0.5) is 11.8 Å². The van der Waals surface area contributed by atoms with Crippen molar-refractivity contribution in [2.75, 3.05) is 10.6 Å². The summed E-state index contributed by atoms with van der Waals surface area (Å²) in [5, 5.41) is 6.84. The monoisotopic (exact) mass is 280 g/mol. The third-order valence-corrected chi connectivity index (χ3v) is 3.97. The van der Waals surface area contributed by atoms with E-state index in [1.807, 2.05) is 6.07 Å². The van der Waals surface area contributed by atoms with E-state index >= 15 is 0 Å². The quantitative estimate of drug-likeness (QED) is 0.849. The van der Waals surface area contributed by atoms with Gasteiger partial charge in [0.05, 0.1) is 5.69 Å². The molecule has 2 aliphatic carbocycles. The highest BCUT2D eigenvalue weighted by atomic mass is 15.2. The fourth-order valence-electron chi connectivity index (χ4n) is 2.41. The maximum Gasteiger partial charge on any atom is 0.225 e. The Bertz CT molecular complexity index is 618. The molecule has 0 spiro atoms. The second-order valence-corrected chi connectivity index (χ2v) is 6.03. The Kier molecular flexibility index (Phi) is 3.22. The first kappa shape index (κ1) is 12.6. The van der Waals surface area contributed by atoms with Crippen molar-refractivity contribution < 1.29 is 0 Å². The zero-order chi connectivity index (χ0) is 14.1. The van der Waals surface area contributed by atoms with Crippen LogP contribution in [-0.4, -0.2) is 16.0 Å². The van der Waals surface area contributed by atoms with E-state index in [0.29, 0.717) is 12.0 Å². The fourth-order valence-corrected chi connectivity index (χ4v) is 2.41. The number of nitrogens with one attached hydrogen (secondary N) is 2. The van der Waals surface area contributed by atoms with Crippen molar-refractivity contribution in [3.8, 4) is 0 Å². The Morgan fingerprint density at radius 2 is 1.81 bits per heavy atom. The molecule has 1 aromatic carbocycles. The van der Waals surface area contributed by atoms with E-state index in [0.717, 1.165) is 18.3 Å². The van der Waals surface area contributed by atoms with Crippen LogP contribution in [0.25, 0.3) is 0 Å². The van der Waals surface area contributed by atoms with Crippen LogP contribution in [-0.2, 0) is 6.54 Å². The fraction of sp³-hybridized carbons (Fsp3) is 0.412. The number of benzene rings is 1. The molecule has 0 aliphatic heterocycles. The molecule has 2 N–H and O–H groups in total. The average molecular weight is 280 g/mol. The minimum Gasteiger partial charge on any atom is -0.366 e. The number of rotatable bonds is 6. The first-order valence-corrected chi connectivity index (χ1v) is 7.80. The third-order valence-electron chi connectivity index (χ3n) is 3.97. The van der Waals surface area contributed by atoms with Gasteiger partial charge < -0.3 is 10.6 Å². The SMILES string of the molecule is c1ccc(CNc2cc(C3CC3)nc(NC3CC3)n2)cc1. The first-order chi connectivity index (χ1) is 10.4. The van der Waals surface area contributed by atoms with Crippen molar-refractivity contribution in [3.05, 3.63) is 47.7 Å². The van der Waals surface area contributed by atoms with Crippen molar-refractivity contribution >= 4 is 11.8 Å². The molecule has 4 nitrogen and oxygen atoms in total. The minimum absolute atomic E-state index is 0.585. The van der Waals surface area contributed by atoms with Crippen LogP contribution < -0.4 is 10.6 Å². The second kappa shape index (κ2) is 5.35. The molecule has 0 saturated heterocycles. The number of hydrogen-bond acceptors (Lipinski definition) is 4. The van der Waals surface area contributed by atoms with Crippen LogP contribution in [0.5, 0.6) is 0 Å². The van der Waals surface area contributed by atoms with E-state index in [2.05, 4.69) is 50.9 Å². The van der Waals surface area contributed by atoms with Gasteiger partial charge in [0.25, 0.3) is 0 Å². The smallest absolute Gasteiger partial charge is 0.225 e. The topological polar surface area (TPSA) is 49.8 Å². The summed E-state index contributed by atoms with van der Waals surface area (Å²) in [6, 6.07) is 13.1. The highest BCUT2D eigenvalue weighted by Gasteiger charge is 2.27. The summed E-state index contributed by atoms with van der Waals surface area (Å²) in [5.41, 5.74) is 2.45. The Morgan fingerprint density at radius 3 is 2.52 bits per heavy atom. The molecular formula is C17H20N4. The van der Waals surface area contributed by atoms with E-state index < -0.39 is 0 Å². The molecule has 108 valence electrons. The normalized spacial score (nSPS) is 17.5. The van der Waals surface area contributed by atoms with E-state index in [9.17, 15) is 0 Å². The summed E-state index contributed by atoms with van der Waals surface area (Å²) in [7, 11) is 0. The Balaban J connectivity index is 1.50. The Hall–Kier alpha value is -2.10. The summed E-state index contributed by atoms with van der Waals surface area (Å²) in [5.74, 6) is 2.36. The zero-order valence-corrected chi connectivity index (χ0v) is 12.0. The van der Waals surface area contributed by atoms with Crippen molar-refractivity contribution in [3.63, 3.8) is 0 Å². The predicted octanol–water partition coefficient (Wildman–Crippen LogP) is 3.54. The van der Waals surface area contributed by atoms with Gasteiger partial charge in [0.15, 0.2) is 0 Å². The number of nitrogens with zero attached hydrogens (tertiary/aromatic N) is 2. The largest absolute Gasteiger partial charge is 0.366 e. The second-order valence-electron chi connectivity index (χ2n) is 6.03. The molecule has 0 bridgehead atoms. The van der Waals surface area contributed by atoms with Gasteiger partial charge in [-0.25, -0.2) is 4.98 Å². The van der Waals surface area contributed by atoms with Gasteiger partial charge in [0.1, 0.15) is 5.82 Å². The average Bonchev–Trinajstić information content (AvgIpc) is 3.38. The van der Waals surface area contributed by atoms with Crippen LogP contribution in [0.2, 0.25) is 0 Å². The molecular weight excluding hydrogens is 260 g/mol. The lowest BCUT2D eigenvalue weighted by Crippen LogP contribution is -2.10. The molecule has 2 aliphatic rings. The number of aromatic nitrogens is 2. The summed E-state index contributed by atoms with van der Waals surface area (Å²) < 4.78 is 0. The van der Waals surface area contributed by atoms with Gasteiger partial charge in [-0.1, -0.05) is 30.3 Å². The van der Waals surface area contributed by atoms with Gasteiger partial charge in [0.2, 0.25) is 5.95 Å². The summed E-state index contributed by atoms with van der Waals surface area (Å²) in [6.45, 7) is 0.796. The maximum atomic E-state index is 4.67.